The number of carbonyl (C=O) groups is 6. The minimum absolute atomic E-state index is 0.0445. The van der Waals surface area contributed by atoms with Gasteiger partial charge in [-0.1, -0.05) is 84.9 Å². The van der Waals surface area contributed by atoms with E-state index < -0.39 is 55.2 Å². The van der Waals surface area contributed by atoms with Crippen molar-refractivity contribution in [2.24, 2.45) is 0 Å². The Bertz CT molecular complexity index is 1880. The Morgan fingerprint density at radius 1 is 0.527 bits per heavy atom. The Labute approximate surface area is 316 Å². The molecule has 55 heavy (non-hydrogen) atoms. The van der Waals surface area contributed by atoms with Gasteiger partial charge in [0.1, 0.15) is 26.3 Å². The zero-order chi connectivity index (χ0) is 39.4. The normalized spacial score (nSPS) is 10.7. The van der Waals surface area contributed by atoms with Gasteiger partial charge in [0, 0.05) is 0 Å². The molecular weight excluding hydrogens is 712 g/mol. The Balaban J connectivity index is 1.20. The number of ketones is 2. The van der Waals surface area contributed by atoms with Gasteiger partial charge in [0.05, 0.1) is 20.6 Å². The summed E-state index contributed by atoms with van der Waals surface area (Å²) in [7, 11) is 2.75. The monoisotopic (exact) mass is 750 g/mol. The molecule has 0 aliphatic carbocycles. The van der Waals surface area contributed by atoms with E-state index in [2.05, 4.69) is 10.6 Å². The smallest absolute Gasteiger partial charge is 0.407 e. The Morgan fingerprint density at radius 2 is 0.927 bits per heavy atom. The summed E-state index contributed by atoms with van der Waals surface area (Å²) in [6, 6.07) is 27.2. The van der Waals surface area contributed by atoms with Crippen LogP contribution in [0.1, 0.15) is 28.7 Å². The van der Waals surface area contributed by atoms with Crippen LogP contribution in [0.25, 0.3) is 12.2 Å². The number of hydrogen-bond donors (Lipinski definition) is 2. The minimum Gasteiger partial charge on any atom is -0.493 e. The first kappa shape index (κ1) is 40.5. The second-order valence-corrected chi connectivity index (χ2v) is 11.4. The fourth-order valence-corrected chi connectivity index (χ4v) is 4.57. The number of amides is 2. The van der Waals surface area contributed by atoms with Crippen molar-refractivity contribution in [2.75, 3.05) is 27.3 Å². The number of allylic oxidation sites excluding steroid dienone is 2. The van der Waals surface area contributed by atoms with Crippen LogP contribution in [0, 0.1) is 0 Å². The average molecular weight is 751 g/mol. The van der Waals surface area contributed by atoms with E-state index in [9.17, 15) is 28.8 Å². The van der Waals surface area contributed by atoms with Gasteiger partial charge >= 0.3 is 24.1 Å². The molecule has 4 aromatic carbocycles. The number of esters is 2. The SMILES string of the molecule is COc1cc(/C=C/C(=O)CC(=O)/C=C/c2ccc(OC(=O)CNC(=O)OCc3ccccc3)c(OC)c2)ccc1OC(=O)CNC(=O)OCc1ccccc1. The number of alkyl carbamates (subject to hydrolysis) is 2. The number of carbonyl (C=O) groups excluding carboxylic acids is 6. The molecule has 0 spiro atoms. The van der Waals surface area contributed by atoms with Gasteiger partial charge in [0.2, 0.25) is 0 Å². The molecule has 0 aliphatic heterocycles. The summed E-state index contributed by atoms with van der Waals surface area (Å²) in [6.07, 6.45) is 3.45. The van der Waals surface area contributed by atoms with Gasteiger partial charge in [-0.25, -0.2) is 19.2 Å². The molecule has 0 bridgehead atoms. The van der Waals surface area contributed by atoms with E-state index in [1.54, 1.807) is 36.4 Å². The number of nitrogens with one attached hydrogen (secondary N) is 2. The van der Waals surface area contributed by atoms with Crippen LogP contribution >= 0.6 is 0 Å². The fraction of sp³-hybridized carbons (Fsp3) is 0.171. The highest BCUT2D eigenvalue weighted by Crippen LogP contribution is 2.30. The third-order valence-electron chi connectivity index (χ3n) is 7.27. The second kappa shape index (κ2) is 21.3. The molecule has 14 nitrogen and oxygen atoms in total. The van der Waals surface area contributed by atoms with E-state index in [4.69, 9.17) is 28.4 Å². The standard InChI is InChI=1S/C41H38N2O12/c1-50-36-21-28(15-19-34(36)54-38(46)24-42-40(48)52-26-30-9-5-3-6-10-30)13-17-32(44)23-33(45)18-14-29-16-20-35(37(22-29)51-2)55-39(47)25-43-41(49)53-27-31-11-7-4-8-12-31/h3-22H,23-27H2,1-2H3,(H,42,48)(H,43,49)/b17-13+,18-14+. The van der Waals surface area contributed by atoms with Crippen LogP contribution in [-0.2, 0) is 41.9 Å². The molecule has 0 radical (unpaired) electrons. The molecule has 2 amide bonds. The highest BCUT2D eigenvalue weighted by Gasteiger charge is 2.15. The predicted octanol–water partition coefficient (Wildman–Crippen LogP) is 5.62. The highest BCUT2D eigenvalue weighted by atomic mass is 16.6. The molecular formula is C41H38N2O12. The van der Waals surface area contributed by atoms with Gasteiger partial charge < -0.3 is 39.1 Å². The maximum absolute atomic E-state index is 12.5. The van der Waals surface area contributed by atoms with Crippen molar-refractivity contribution in [3.63, 3.8) is 0 Å². The first-order chi connectivity index (χ1) is 26.6. The summed E-state index contributed by atoms with van der Waals surface area (Å²) in [4.78, 5) is 73.5. The molecule has 14 heteroatoms. The van der Waals surface area contributed by atoms with E-state index in [0.717, 1.165) is 11.1 Å². The summed E-state index contributed by atoms with van der Waals surface area (Å²) in [5.41, 5.74) is 2.64. The summed E-state index contributed by atoms with van der Waals surface area (Å²) < 4.78 is 31.3. The van der Waals surface area contributed by atoms with Crippen molar-refractivity contribution in [3.05, 3.63) is 131 Å². The van der Waals surface area contributed by atoms with Crippen LogP contribution in [-0.4, -0.2) is 63.0 Å². The van der Waals surface area contributed by atoms with Crippen molar-refractivity contribution in [3.8, 4) is 23.0 Å². The molecule has 4 rings (SSSR count). The van der Waals surface area contributed by atoms with E-state index in [-0.39, 0.29) is 36.2 Å². The van der Waals surface area contributed by atoms with Gasteiger partial charge in [-0.15, -0.1) is 0 Å². The molecule has 2 N–H and O–H groups in total. The lowest BCUT2D eigenvalue weighted by atomic mass is 10.1. The van der Waals surface area contributed by atoms with Gasteiger partial charge in [-0.05, 0) is 58.7 Å². The predicted molar refractivity (Wildman–Crippen MR) is 199 cm³/mol. The van der Waals surface area contributed by atoms with Crippen molar-refractivity contribution < 1.29 is 57.2 Å². The molecule has 0 atom stereocenters. The lowest BCUT2D eigenvalue weighted by Gasteiger charge is -2.11. The quantitative estimate of drug-likeness (QED) is 0.0555. The van der Waals surface area contributed by atoms with Crippen LogP contribution in [0.4, 0.5) is 9.59 Å². The Morgan fingerprint density at radius 3 is 1.31 bits per heavy atom. The van der Waals surface area contributed by atoms with Crippen molar-refractivity contribution in [2.45, 2.75) is 19.6 Å². The topological polar surface area (TPSA) is 182 Å². The molecule has 0 aliphatic rings. The lowest BCUT2D eigenvalue weighted by Crippen LogP contribution is -2.32. The third-order valence-corrected chi connectivity index (χ3v) is 7.27. The number of hydrogen-bond acceptors (Lipinski definition) is 12. The fourth-order valence-electron chi connectivity index (χ4n) is 4.57. The Hall–Kier alpha value is -7.22. The largest absolute Gasteiger partial charge is 0.493 e. The molecule has 0 saturated carbocycles. The second-order valence-electron chi connectivity index (χ2n) is 11.4. The zero-order valence-electron chi connectivity index (χ0n) is 30.0. The van der Waals surface area contributed by atoms with Gasteiger partial charge in [-0.2, -0.15) is 0 Å². The van der Waals surface area contributed by atoms with Crippen LogP contribution in [0.15, 0.2) is 109 Å². The Kier molecular flexibility index (Phi) is 15.7. The summed E-state index contributed by atoms with van der Waals surface area (Å²) in [5.74, 6) is -1.89. The van der Waals surface area contributed by atoms with Crippen LogP contribution in [0.3, 0.4) is 0 Å². The number of methoxy groups -OCH3 is 2. The first-order valence-corrected chi connectivity index (χ1v) is 16.7. The zero-order valence-corrected chi connectivity index (χ0v) is 30.0. The number of benzene rings is 4. The molecule has 0 fully saturated rings. The third kappa shape index (κ3) is 14.4. The summed E-state index contributed by atoms with van der Waals surface area (Å²) >= 11 is 0. The van der Waals surface area contributed by atoms with Crippen LogP contribution in [0.2, 0.25) is 0 Å². The maximum Gasteiger partial charge on any atom is 0.407 e. The van der Waals surface area contributed by atoms with Crippen molar-refractivity contribution in [1.82, 2.24) is 10.6 Å². The lowest BCUT2D eigenvalue weighted by molar-refractivity contribution is -0.134. The van der Waals surface area contributed by atoms with E-state index >= 15 is 0 Å². The molecule has 4 aromatic rings. The minimum atomic E-state index is -0.784. The van der Waals surface area contributed by atoms with Gasteiger partial charge in [-0.3, -0.25) is 9.59 Å². The van der Waals surface area contributed by atoms with E-state index in [1.807, 2.05) is 36.4 Å². The average Bonchev–Trinajstić information content (AvgIpc) is 3.20. The highest BCUT2D eigenvalue weighted by molar-refractivity contribution is 6.11. The summed E-state index contributed by atoms with van der Waals surface area (Å²) in [6.45, 7) is -0.803. The number of ether oxygens (including phenoxy) is 6. The molecule has 284 valence electrons. The van der Waals surface area contributed by atoms with Gasteiger partial charge in [0.15, 0.2) is 34.6 Å². The van der Waals surface area contributed by atoms with E-state index in [1.165, 1.54) is 62.8 Å². The van der Waals surface area contributed by atoms with Crippen LogP contribution < -0.4 is 29.6 Å². The van der Waals surface area contributed by atoms with E-state index in [0.29, 0.717) is 11.1 Å². The molecule has 0 heterocycles. The van der Waals surface area contributed by atoms with Gasteiger partial charge in [0.25, 0.3) is 0 Å². The summed E-state index contributed by atoms with van der Waals surface area (Å²) in [5, 5.41) is 4.64. The molecule has 0 saturated heterocycles. The number of rotatable bonds is 18. The van der Waals surface area contributed by atoms with Crippen molar-refractivity contribution >= 4 is 47.8 Å². The first-order valence-electron chi connectivity index (χ1n) is 16.7. The maximum atomic E-state index is 12.5. The van der Waals surface area contributed by atoms with Crippen LogP contribution in [0.5, 0.6) is 23.0 Å². The molecule has 0 unspecified atom stereocenters. The molecule has 0 aromatic heterocycles. The van der Waals surface area contributed by atoms with Crippen molar-refractivity contribution in [1.29, 1.82) is 0 Å².